The van der Waals surface area contributed by atoms with Crippen molar-refractivity contribution in [1.82, 2.24) is 0 Å². The van der Waals surface area contributed by atoms with Crippen molar-refractivity contribution < 1.29 is 14.8 Å². The van der Waals surface area contributed by atoms with Crippen LogP contribution in [0.3, 0.4) is 0 Å². The lowest BCUT2D eigenvalue weighted by Crippen LogP contribution is -2.49. The zero-order valence-corrected chi connectivity index (χ0v) is 12.1. The van der Waals surface area contributed by atoms with Gasteiger partial charge in [-0.3, -0.25) is 10.1 Å². The number of hydrogen-bond acceptors (Lipinski definition) is 5. The Kier molecular flexibility index (Phi) is 4.47. The van der Waals surface area contributed by atoms with Crippen LogP contribution in [0.25, 0.3) is 0 Å². The van der Waals surface area contributed by atoms with E-state index in [1.54, 1.807) is 6.07 Å². The molecule has 1 heterocycles. The van der Waals surface area contributed by atoms with Gasteiger partial charge in [-0.15, -0.1) is 0 Å². The molecule has 0 spiro atoms. The van der Waals surface area contributed by atoms with Crippen molar-refractivity contribution in [2.75, 3.05) is 24.7 Å². The molecule has 1 aliphatic rings. The average molecular weight is 301 g/mol. The fourth-order valence-electron chi connectivity index (χ4n) is 2.37. The number of aliphatic hydroxyl groups excluding tert-OH is 1. The highest BCUT2D eigenvalue weighted by Crippen LogP contribution is 2.34. The molecule has 2 unspecified atom stereocenters. The Morgan fingerprint density at radius 2 is 2.30 bits per heavy atom. The molecule has 0 saturated carbocycles. The number of nitro benzene ring substituents is 1. The number of rotatable bonds is 3. The van der Waals surface area contributed by atoms with Gasteiger partial charge >= 0.3 is 0 Å². The average Bonchev–Trinajstić information content (AvgIpc) is 2.41. The molecule has 1 N–H and O–H groups in total. The number of hydrogen-bond donors (Lipinski definition) is 1. The molecule has 20 heavy (non-hydrogen) atoms. The number of morpholine rings is 1. The number of halogens is 1. The summed E-state index contributed by atoms with van der Waals surface area (Å²) in [6.07, 6.45) is -0.250. The SMILES string of the molecule is Cc1cc([N+](=O)[O-])c(Cl)cc1N1CC(CO)OCC1C. The highest BCUT2D eigenvalue weighted by molar-refractivity contribution is 6.33. The molecule has 0 amide bonds. The molecule has 1 aromatic rings. The maximum atomic E-state index is 10.9. The summed E-state index contributed by atoms with van der Waals surface area (Å²) in [6, 6.07) is 3.22. The van der Waals surface area contributed by atoms with Crippen molar-refractivity contribution in [3.63, 3.8) is 0 Å². The Hall–Kier alpha value is -1.37. The first kappa shape index (κ1) is 15.0. The van der Waals surface area contributed by atoms with E-state index in [0.29, 0.717) is 13.2 Å². The number of benzene rings is 1. The lowest BCUT2D eigenvalue weighted by Gasteiger charge is -2.39. The Morgan fingerprint density at radius 3 is 2.90 bits per heavy atom. The van der Waals surface area contributed by atoms with Gasteiger partial charge in [0.25, 0.3) is 5.69 Å². The number of aryl methyl sites for hydroxylation is 1. The van der Waals surface area contributed by atoms with E-state index >= 15 is 0 Å². The summed E-state index contributed by atoms with van der Waals surface area (Å²) in [5.74, 6) is 0. The van der Waals surface area contributed by atoms with Crippen LogP contribution in [0.15, 0.2) is 12.1 Å². The fraction of sp³-hybridized carbons (Fsp3) is 0.538. The molecule has 0 aromatic heterocycles. The van der Waals surface area contributed by atoms with Crippen LogP contribution in [-0.4, -0.2) is 41.9 Å². The molecule has 2 atom stereocenters. The van der Waals surface area contributed by atoms with E-state index in [2.05, 4.69) is 4.90 Å². The largest absolute Gasteiger partial charge is 0.394 e. The monoisotopic (exact) mass is 300 g/mol. The van der Waals surface area contributed by atoms with Crippen LogP contribution in [-0.2, 0) is 4.74 Å². The van der Waals surface area contributed by atoms with E-state index in [0.717, 1.165) is 11.3 Å². The van der Waals surface area contributed by atoms with Crippen molar-refractivity contribution in [1.29, 1.82) is 0 Å². The highest BCUT2D eigenvalue weighted by Gasteiger charge is 2.28. The summed E-state index contributed by atoms with van der Waals surface area (Å²) < 4.78 is 5.49. The summed E-state index contributed by atoms with van der Waals surface area (Å²) in [7, 11) is 0. The van der Waals surface area contributed by atoms with Gasteiger partial charge in [-0.05, 0) is 25.5 Å². The molecule has 1 fully saturated rings. The van der Waals surface area contributed by atoms with Crippen molar-refractivity contribution in [3.05, 3.63) is 32.8 Å². The summed E-state index contributed by atoms with van der Waals surface area (Å²) in [4.78, 5) is 12.5. The summed E-state index contributed by atoms with van der Waals surface area (Å²) in [5, 5.41) is 20.2. The smallest absolute Gasteiger partial charge is 0.288 e. The van der Waals surface area contributed by atoms with Gasteiger partial charge in [0, 0.05) is 24.3 Å². The van der Waals surface area contributed by atoms with Crippen LogP contribution in [0.1, 0.15) is 12.5 Å². The molecule has 0 bridgehead atoms. The third-order valence-corrected chi connectivity index (χ3v) is 3.78. The fourth-order valence-corrected chi connectivity index (χ4v) is 2.60. The second-order valence-corrected chi connectivity index (χ2v) is 5.39. The Labute approximate surface area is 122 Å². The number of aliphatic hydroxyl groups is 1. The zero-order chi connectivity index (χ0) is 14.9. The Bertz CT molecular complexity index is 523. The standard InChI is InChI=1S/C13H17ClN2O4/c1-8-3-13(16(18)19)11(14)4-12(8)15-5-10(6-17)20-7-9(15)2/h3-4,9-10,17H,5-7H2,1-2H3. The normalized spacial score (nSPS) is 22.9. The van der Waals surface area contributed by atoms with Gasteiger partial charge in [-0.25, -0.2) is 0 Å². The molecular formula is C13H17ClN2O4. The number of ether oxygens (including phenoxy) is 1. The van der Waals surface area contributed by atoms with E-state index in [9.17, 15) is 15.2 Å². The van der Waals surface area contributed by atoms with Gasteiger partial charge in [0.15, 0.2) is 0 Å². The van der Waals surface area contributed by atoms with Gasteiger partial charge in [0.1, 0.15) is 5.02 Å². The minimum absolute atomic E-state index is 0.0526. The molecule has 0 aliphatic carbocycles. The molecule has 1 saturated heterocycles. The summed E-state index contributed by atoms with van der Waals surface area (Å²) in [5.41, 5.74) is 1.54. The molecule has 110 valence electrons. The van der Waals surface area contributed by atoms with Crippen LogP contribution in [0, 0.1) is 17.0 Å². The maximum Gasteiger partial charge on any atom is 0.288 e. The first-order valence-electron chi connectivity index (χ1n) is 6.37. The van der Waals surface area contributed by atoms with Crippen molar-refractivity contribution >= 4 is 23.0 Å². The minimum atomic E-state index is -0.488. The molecule has 1 aromatic carbocycles. The quantitative estimate of drug-likeness (QED) is 0.684. The Morgan fingerprint density at radius 1 is 1.60 bits per heavy atom. The molecule has 7 heteroatoms. The number of anilines is 1. The second kappa shape index (κ2) is 5.95. The molecule has 2 rings (SSSR count). The van der Waals surface area contributed by atoms with Gasteiger partial charge < -0.3 is 14.7 Å². The highest BCUT2D eigenvalue weighted by atomic mass is 35.5. The predicted octanol–water partition coefficient (Wildman–Crippen LogP) is 2.14. The van der Waals surface area contributed by atoms with Crippen molar-refractivity contribution in [2.24, 2.45) is 0 Å². The van der Waals surface area contributed by atoms with Gasteiger partial charge in [0.05, 0.1) is 24.2 Å². The first-order chi connectivity index (χ1) is 9.43. The Balaban J connectivity index is 2.36. The summed E-state index contributed by atoms with van der Waals surface area (Å²) >= 11 is 5.98. The van der Waals surface area contributed by atoms with Gasteiger partial charge in [-0.1, -0.05) is 11.6 Å². The maximum absolute atomic E-state index is 10.9. The summed E-state index contributed by atoms with van der Waals surface area (Å²) in [6.45, 7) is 4.80. The van der Waals surface area contributed by atoms with Crippen LogP contribution in [0.5, 0.6) is 0 Å². The predicted molar refractivity (Wildman–Crippen MR) is 76.5 cm³/mol. The van der Waals surface area contributed by atoms with Crippen LogP contribution < -0.4 is 4.90 Å². The second-order valence-electron chi connectivity index (χ2n) is 4.99. The number of nitrogens with zero attached hydrogens (tertiary/aromatic N) is 2. The van der Waals surface area contributed by atoms with E-state index < -0.39 is 4.92 Å². The molecule has 6 nitrogen and oxygen atoms in total. The number of nitro groups is 1. The lowest BCUT2D eigenvalue weighted by atomic mass is 10.1. The van der Waals surface area contributed by atoms with Gasteiger partial charge in [0.2, 0.25) is 0 Å². The topological polar surface area (TPSA) is 75.8 Å². The van der Waals surface area contributed by atoms with E-state index in [4.69, 9.17) is 16.3 Å². The molecule has 0 radical (unpaired) electrons. The van der Waals surface area contributed by atoms with Crippen LogP contribution in [0.2, 0.25) is 5.02 Å². The lowest BCUT2D eigenvalue weighted by molar-refractivity contribution is -0.384. The van der Waals surface area contributed by atoms with Gasteiger partial charge in [-0.2, -0.15) is 0 Å². The molecular weight excluding hydrogens is 284 g/mol. The van der Waals surface area contributed by atoms with E-state index in [1.165, 1.54) is 6.07 Å². The third-order valence-electron chi connectivity index (χ3n) is 3.48. The van der Waals surface area contributed by atoms with Crippen molar-refractivity contribution in [3.8, 4) is 0 Å². The third kappa shape index (κ3) is 2.87. The zero-order valence-electron chi connectivity index (χ0n) is 11.4. The van der Waals surface area contributed by atoms with E-state index in [1.807, 2.05) is 13.8 Å². The minimum Gasteiger partial charge on any atom is -0.394 e. The van der Waals surface area contributed by atoms with E-state index in [-0.39, 0.29) is 29.5 Å². The van der Waals surface area contributed by atoms with Crippen LogP contribution >= 0.6 is 11.6 Å². The first-order valence-corrected chi connectivity index (χ1v) is 6.75. The van der Waals surface area contributed by atoms with Crippen molar-refractivity contribution in [2.45, 2.75) is 26.0 Å². The van der Waals surface area contributed by atoms with Crippen LogP contribution in [0.4, 0.5) is 11.4 Å². The molecule has 1 aliphatic heterocycles.